The molecule has 0 aliphatic rings. The Kier molecular flexibility index (Phi) is 5.03. The average Bonchev–Trinajstić information content (AvgIpc) is 3.05. The van der Waals surface area contributed by atoms with Gasteiger partial charge in [0.1, 0.15) is 5.75 Å². The molecule has 1 N–H and O–H groups in total. The van der Waals surface area contributed by atoms with Crippen molar-refractivity contribution in [3.63, 3.8) is 0 Å². The van der Waals surface area contributed by atoms with Gasteiger partial charge in [0.25, 0.3) is 0 Å². The Labute approximate surface area is 166 Å². The highest BCUT2D eigenvalue weighted by Gasteiger charge is 2.14. The fraction of sp³-hybridized carbons (Fsp3) is 0.227. The van der Waals surface area contributed by atoms with Crippen LogP contribution in [0.25, 0.3) is 21.9 Å². The number of hydrogen-bond acceptors (Lipinski definition) is 5. The van der Waals surface area contributed by atoms with Gasteiger partial charge < -0.3 is 14.5 Å². The van der Waals surface area contributed by atoms with Crippen LogP contribution in [-0.4, -0.2) is 34.2 Å². The summed E-state index contributed by atoms with van der Waals surface area (Å²) in [6, 6.07) is 14.8. The Balaban J connectivity index is 1.42. The monoisotopic (exact) mass is 391 g/mol. The van der Waals surface area contributed by atoms with Crippen LogP contribution in [0.1, 0.15) is 22.5 Å². The molecule has 0 saturated heterocycles. The number of H-pyrrole nitrogens is 1. The molecule has 0 atom stereocenters. The van der Waals surface area contributed by atoms with Crippen molar-refractivity contribution in [3.8, 4) is 5.75 Å². The number of carbonyl (C=O) groups is 1. The van der Waals surface area contributed by atoms with Crippen LogP contribution in [0.2, 0.25) is 0 Å². The maximum absolute atomic E-state index is 12.5. The third-order valence-corrected chi connectivity index (χ3v) is 4.88. The highest BCUT2D eigenvalue weighted by atomic mass is 16.5. The summed E-state index contributed by atoms with van der Waals surface area (Å²) in [5, 5.41) is 0.841. The summed E-state index contributed by atoms with van der Waals surface area (Å²) < 4.78 is 12.3. The van der Waals surface area contributed by atoms with Crippen molar-refractivity contribution >= 4 is 27.9 Å². The first-order valence-electron chi connectivity index (χ1n) is 9.37. The topological polar surface area (TPSA) is 86.2 Å². The van der Waals surface area contributed by atoms with E-state index in [1.165, 1.54) is 0 Å². The van der Waals surface area contributed by atoms with Crippen LogP contribution in [0.5, 0.6) is 5.75 Å². The summed E-state index contributed by atoms with van der Waals surface area (Å²) >= 11 is 0. The molecule has 0 unspecified atom stereocenters. The first kappa shape index (κ1) is 18.7. The molecular formula is C22H21N3O4. The Hall–Kier alpha value is -3.61. The predicted octanol–water partition coefficient (Wildman–Crippen LogP) is 3.44. The Morgan fingerprint density at radius 3 is 2.83 bits per heavy atom. The zero-order valence-electron chi connectivity index (χ0n) is 16.3. The third kappa shape index (κ3) is 3.71. The number of para-hydroxylation sites is 2. The van der Waals surface area contributed by atoms with Gasteiger partial charge in [-0.05, 0) is 43.7 Å². The zero-order chi connectivity index (χ0) is 20.4. The van der Waals surface area contributed by atoms with Gasteiger partial charge in [-0.1, -0.05) is 12.1 Å². The minimum Gasteiger partial charge on any atom is -0.497 e. The molecule has 4 aromatic rings. The van der Waals surface area contributed by atoms with E-state index in [-0.39, 0.29) is 12.3 Å². The number of fused-ring (bicyclic) bond motifs is 2. The summed E-state index contributed by atoms with van der Waals surface area (Å²) in [7, 11) is 1.60. The van der Waals surface area contributed by atoms with Crippen molar-refractivity contribution in [2.24, 2.45) is 0 Å². The minimum absolute atomic E-state index is 0.164. The van der Waals surface area contributed by atoms with Crippen LogP contribution in [-0.2, 0) is 11.3 Å². The molecule has 0 aliphatic heterocycles. The molecule has 0 saturated carbocycles. The quantitative estimate of drug-likeness (QED) is 0.402. The highest BCUT2D eigenvalue weighted by molar-refractivity contribution is 5.95. The predicted molar refractivity (Wildman–Crippen MR) is 110 cm³/mol. The van der Waals surface area contributed by atoms with Crippen LogP contribution >= 0.6 is 0 Å². The molecule has 0 bridgehead atoms. The first-order chi connectivity index (χ1) is 14.1. The molecule has 2 aromatic carbocycles. The number of aromatic nitrogens is 3. The highest BCUT2D eigenvalue weighted by Crippen LogP contribution is 2.22. The van der Waals surface area contributed by atoms with Crippen LogP contribution in [0.4, 0.5) is 0 Å². The number of hydrogen-bond donors (Lipinski definition) is 1. The van der Waals surface area contributed by atoms with Gasteiger partial charge in [0, 0.05) is 18.0 Å². The second kappa shape index (κ2) is 7.79. The molecule has 0 aliphatic carbocycles. The van der Waals surface area contributed by atoms with E-state index in [1.54, 1.807) is 24.7 Å². The number of nitrogens with zero attached hydrogens (tertiary/aromatic N) is 2. The molecule has 0 radical (unpaired) electrons. The summed E-state index contributed by atoms with van der Waals surface area (Å²) in [6.07, 6.45) is 0.532. The number of imidazole rings is 1. The van der Waals surface area contributed by atoms with Gasteiger partial charge in [0.2, 0.25) is 0 Å². The number of aromatic amines is 1. The van der Waals surface area contributed by atoms with E-state index in [2.05, 4.69) is 9.97 Å². The lowest BCUT2D eigenvalue weighted by molar-refractivity contribution is 0.0495. The maximum atomic E-state index is 12.5. The van der Waals surface area contributed by atoms with E-state index in [9.17, 15) is 9.59 Å². The number of rotatable bonds is 6. The second-order valence-corrected chi connectivity index (χ2v) is 6.77. The largest absolute Gasteiger partial charge is 0.497 e. The van der Waals surface area contributed by atoms with Gasteiger partial charge in [0.05, 0.1) is 41.5 Å². The van der Waals surface area contributed by atoms with Crippen LogP contribution in [0, 0.1) is 6.92 Å². The van der Waals surface area contributed by atoms with Gasteiger partial charge in [-0.3, -0.25) is 9.55 Å². The fourth-order valence-electron chi connectivity index (χ4n) is 3.37. The van der Waals surface area contributed by atoms with E-state index in [0.29, 0.717) is 30.0 Å². The maximum Gasteiger partial charge on any atom is 0.340 e. The number of carbonyl (C=O) groups excluding carboxylic acids is 1. The molecule has 4 rings (SSSR count). The van der Waals surface area contributed by atoms with Crippen molar-refractivity contribution in [1.82, 2.24) is 14.5 Å². The molecule has 148 valence electrons. The van der Waals surface area contributed by atoms with Crippen LogP contribution < -0.4 is 10.4 Å². The van der Waals surface area contributed by atoms with Gasteiger partial charge >= 0.3 is 11.7 Å². The normalized spacial score (nSPS) is 11.1. The lowest BCUT2D eigenvalue weighted by atomic mass is 10.1. The van der Waals surface area contributed by atoms with Gasteiger partial charge in [0.15, 0.2) is 0 Å². The standard InChI is InChI=1S/C22H21N3O4/c1-14-17(12-15-8-9-16(28-2)13-19(15)23-14)21(26)29-11-5-10-25-20-7-4-3-6-18(20)24-22(25)27/h3-4,6-9,12-13H,5,10-11H2,1-2H3,(H,24,27). The second-order valence-electron chi connectivity index (χ2n) is 6.77. The Bertz CT molecular complexity index is 1260. The number of esters is 1. The van der Waals surface area contributed by atoms with E-state index in [0.717, 1.165) is 21.9 Å². The molecule has 7 nitrogen and oxygen atoms in total. The van der Waals surface area contributed by atoms with Crippen LogP contribution in [0.3, 0.4) is 0 Å². The summed E-state index contributed by atoms with van der Waals surface area (Å²) in [5.41, 5.74) is 3.27. The summed E-state index contributed by atoms with van der Waals surface area (Å²) in [4.78, 5) is 31.9. The number of methoxy groups -OCH3 is 1. The van der Waals surface area contributed by atoms with Gasteiger partial charge in [-0.25, -0.2) is 9.59 Å². The lowest BCUT2D eigenvalue weighted by Crippen LogP contribution is -2.18. The third-order valence-electron chi connectivity index (χ3n) is 4.88. The van der Waals surface area contributed by atoms with E-state index in [4.69, 9.17) is 9.47 Å². The average molecular weight is 391 g/mol. The molecule has 0 amide bonds. The van der Waals surface area contributed by atoms with Crippen molar-refractivity contribution in [2.45, 2.75) is 19.9 Å². The van der Waals surface area contributed by atoms with Crippen molar-refractivity contribution in [2.75, 3.05) is 13.7 Å². The molecule has 2 aromatic heterocycles. The fourth-order valence-corrected chi connectivity index (χ4v) is 3.37. The zero-order valence-corrected chi connectivity index (χ0v) is 16.3. The Morgan fingerprint density at radius 1 is 1.17 bits per heavy atom. The summed E-state index contributed by atoms with van der Waals surface area (Å²) in [6.45, 7) is 2.46. The van der Waals surface area contributed by atoms with Gasteiger partial charge in [-0.15, -0.1) is 0 Å². The van der Waals surface area contributed by atoms with E-state index < -0.39 is 5.97 Å². The van der Waals surface area contributed by atoms with Crippen LogP contribution in [0.15, 0.2) is 53.3 Å². The minimum atomic E-state index is -0.418. The smallest absolute Gasteiger partial charge is 0.340 e. The SMILES string of the molecule is COc1ccc2cc(C(=O)OCCCn3c(=O)[nH]c4ccccc43)c(C)nc2c1. The molecule has 29 heavy (non-hydrogen) atoms. The Morgan fingerprint density at radius 2 is 2.00 bits per heavy atom. The van der Waals surface area contributed by atoms with E-state index in [1.807, 2.05) is 42.5 Å². The number of pyridine rings is 1. The first-order valence-corrected chi connectivity index (χ1v) is 9.37. The molecule has 2 heterocycles. The number of benzene rings is 2. The van der Waals surface area contributed by atoms with E-state index >= 15 is 0 Å². The van der Waals surface area contributed by atoms with Crippen molar-refractivity contribution in [3.05, 3.63) is 70.3 Å². The number of aryl methyl sites for hydroxylation is 2. The number of ether oxygens (including phenoxy) is 2. The van der Waals surface area contributed by atoms with Gasteiger partial charge in [-0.2, -0.15) is 0 Å². The lowest BCUT2D eigenvalue weighted by Gasteiger charge is -2.09. The van der Waals surface area contributed by atoms with Crippen molar-refractivity contribution < 1.29 is 14.3 Å². The van der Waals surface area contributed by atoms with Crippen molar-refractivity contribution in [1.29, 1.82) is 0 Å². The molecule has 0 fully saturated rings. The molecular weight excluding hydrogens is 370 g/mol. The summed E-state index contributed by atoms with van der Waals surface area (Å²) in [5.74, 6) is 0.297. The molecule has 0 spiro atoms. The molecule has 7 heteroatoms. The number of nitrogens with one attached hydrogen (secondary N) is 1.